The summed E-state index contributed by atoms with van der Waals surface area (Å²) in [5.74, 6) is -0.0925. The van der Waals surface area contributed by atoms with Crippen LogP contribution < -0.4 is 5.73 Å². The average molecular weight is 228 g/mol. The Morgan fingerprint density at radius 3 is 2.69 bits per heavy atom. The highest BCUT2D eigenvalue weighted by atomic mass is 16.5. The molecule has 4 unspecified atom stereocenters. The van der Waals surface area contributed by atoms with Gasteiger partial charge in [0.25, 0.3) is 0 Å². The number of hydrogen-bond donors (Lipinski definition) is 1. The molecule has 0 radical (unpaired) electrons. The molecule has 2 saturated heterocycles. The van der Waals surface area contributed by atoms with Crippen LogP contribution in [0.3, 0.4) is 0 Å². The molecule has 0 bridgehead atoms. The molecule has 0 aromatic heterocycles. The molecule has 2 N–H and O–H groups in total. The van der Waals surface area contributed by atoms with Gasteiger partial charge in [0, 0.05) is 19.7 Å². The largest absolute Gasteiger partial charge is 0.379 e. The first kappa shape index (κ1) is 11.8. The van der Waals surface area contributed by atoms with E-state index in [2.05, 4.69) is 0 Å². The van der Waals surface area contributed by atoms with Crippen molar-refractivity contribution in [1.29, 1.82) is 0 Å². The lowest BCUT2D eigenvalue weighted by atomic mass is 10.0. The predicted octanol–water partition coefficient (Wildman–Crippen LogP) is -0.404. The lowest BCUT2D eigenvalue weighted by molar-refractivity contribution is -0.137. The summed E-state index contributed by atoms with van der Waals surface area (Å²) < 4.78 is 10.7. The molecule has 0 saturated carbocycles. The smallest absolute Gasteiger partial charge is 0.229 e. The van der Waals surface area contributed by atoms with Gasteiger partial charge in [-0.25, -0.2) is 0 Å². The molecular weight excluding hydrogens is 208 g/mol. The second-order valence-electron chi connectivity index (χ2n) is 4.69. The topological polar surface area (TPSA) is 64.8 Å². The summed E-state index contributed by atoms with van der Waals surface area (Å²) in [4.78, 5) is 14.0. The van der Waals surface area contributed by atoms with Crippen LogP contribution in [0.5, 0.6) is 0 Å². The Morgan fingerprint density at radius 2 is 2.19 bits per heavy atom. The summed E-state index contributed by atoms with van der Waals surface area (Å²) in [6.45, 7) is 3.68. The van der Waals surface area contributed by atoms with E-state index < -0.39 is 0 Å². The first-order valence-electron chi connectivity index (χ1n) is 5.83. The number of likely N-dealkylation sites (N-methyl/N-ethyl adjacent to an activating group) is 1. The molecule has 0 aliphatic carbocycles. The standard InChI is InChI=1S/C11H20N2O3/c1-7-10(3-4-16-7)13(2)11(14)8-5-15-6-9(8)12/h7-10H,3-6,12H2,1-2H3. The van der Waals surface area contributed by atoms with E-state index >= 15 is 0 Å². The maximum Gasteiger partial charge on any atom is 0.229 e. The molecule has 2 aliphatic heterocycles. The Kier molecular flexibility index (Phi) is 3.47. The van der Waals surface area contributed by atoms with Crippen molar-refractivity contribution in [3.8, 4) is 0 Å². The highest BCUT2D eigenvalue weighted by Crippen LogP contribution is 2.22. The van der Waals surface area contributed by atoms with Crippen LogP contribution in [0.25, 0.3) is 0 Å². The zero-order chi connectivity index (χ0) is 11.7. The number of amides is 1. The molecule has 0 aromatic carbocycles. The Bertz CT molecular complexity index is 272. The third-order valence-corrected chi connectivity index (χ3v) is 3.62. The van der Waals surface area contributed by atoms with Crippen molar-refractivity contribution in [2.45, 2.75) is 31.5 Å². The monoisotopic (exact) mass is 228 g/mol. The van der Waals surface area contributed by atoms with Crippen LogP contribution >= 0.6 is 0 Å². The fraction of sp³-hybridized carbons (Fsp3) is 0.909. The minimum atomic E-state index is -0.183. The van der Waals surface area contributed by atoms with Gasteiger partial charge in [-0.05, 0) is 13.3 Å². The molecule has 1 amide bonds. The molecule has 2 aliphatic rings. The Labute approximate surface area is 95.9 Å². The Hall–Kier alpha value is -0.650. The summed E-state index contributed by atoms with van der Waals surface area (Å²) in [5, 5.41) is 0. The van der Waals surface area contributed by atoms with Gasteiger partial charge in [0.15, 0.2) is 0 Å². The van der Waals surface area contributed by atoms with Gasteiger partial charge in [-0.1, -0.05) is 0 Å². The fourth-order valence-electron chi connectivity index (χ4n) is 2.48. The molecule has 0 spiro atoms. The van der Waals surface area contributed by atoms with Crippen molar-refractivity contribution in [3.05, 3.63) is 0 Å². The van der Waals surface area contributed by atoms with Gasteiger partial charge in [0.1, 0.15) is 0 Å². The van der Waals surface area contributed by atoms with E-state index in [1.54, 1.807) is 4.90 Å². The second-order valence-corrected chi connectivity index (χ2v) is 4.69. The molecule has 5 heteroatoms. The normalized spacial score (nSPS) is 38.9. The number of hydrogen-bond acceptors (Lipinski definition) is 4. The second kappa shape index (κ2) is 4.69. The molecule has 16 heavy (non-hydrogen) atoms. The van der Waals surface area contributed by atoms with E-state index in [9.17, 15) is 4.79 Å². The van der Waals surface area contributed by atoms with Gasteiger partial charge < -0.3 is 20.1 Å². The number of ether oxygens (including phenoxy) is 2. The summed E-state index contributed by atoms with van der Waals surface area (Å²) in [6, 6.07) is 0.0212. The first-order chi connectivity index (χ1) is 7.61. The summed E-state index contributed by atoms with van der Waals surface area (Å²) in [5.41, 5.74) is 5.85. The summed E-state index contributed by atoms with van der Waals surface area (Å²) in [7, 11) is 1.84. The number of carbonyl (C=O) groups excluding carboxylic acids is 1. The number of nitrogens with two attached hydrogens (primary N) is 1. The maximum atomic E-state index is 12.2. The molecular formula is C11H20N2O3. The molecule has 92 valence electrons. The zero-order valence-electron chi connectivity index (χ0n) is 9.89. The lowest BCUT2D eigenvalue weighted by Gasteiger charge is -2.29. The van der Waals surface area contributed by atoms with Gasteiger partial charge >= 0.3 is 0 Å². The van der Waals surface area contributed by atoms with Gasteiger partial charge in [0.05, 0.1) is 31.3 Å². The number of carbonyl (C=O) groups is 1. The van der Waals surface area contributed by atoms with Crippen molar-refractivity contribution < 1.29 is 14.3 Å². The van der Waals surface area contributed by atoms with Crippen molar-refractivity contribution in [3.63, 3.8) is 0 Å². The van der Waals surface area contributed by atoms with Crippen LogP contribution in [0.15, 0.2) is 0 Å². The lowest BCUT2D eigenvalue weighted by Crippen LogP contribution is -2.48. The van der Waals surface area contributed by atoms with Crippen LogP contribution in [0.4, 0.5) is 0 Å². The Balaban J connectivity index is 1.98. The van der Waals surface area contributed by atoms with Crippen molar-refractivity contribution >= 4 is 5.91 Å². The van der Waals surface area contributed by atoms with Crippen LogP contribution in [0.2, 0.25) is 0 Å². The SMILES string of the molecule is CC1OCCC1N(C)C(=O)C1COCC1N. The molecule has 2 rings (SSSR count). The summed E-state index contributed by atoms with van der Waals surface area (Å²) in [6.07, 6.45) is 1.03. The van der Waals surface area contributed by atoms with Crippen molar-refractivity contribution in [2.24, 2.45) is 11.7 Å². The highest BCUT2D eigenvalue weighted by Gasteiger charge is 2.38. The minimum Gasteiger partial charge on any atom is -0.379 e. The highest BCUT2D eigenvalue weighted by molar-refractivity contribution is 5.80. The van der Waals surface area contributed by atoms with E-state index in [0.717, 1.165) is 13.0 Å². The minimum absolute atomic E-state index is 0.0901. The maximum absolute atomic E-state index is 12.2. The molecule has 0 aromatic rings. The van der Waals surface area contributed by atoms with Crippen LogP contribution in [-0.4, -0.2) is 55.9 Å². The van der Waals surface area contributed by atoms with E-state index in [1.807, 2.05) is 14.0 Å². The molecule has 2 heterocycles. The van der Waals surface area contributed by atoms with Gasteiger partial charge in [-0.15, -0.1) is 0 Å². The summed E-state index contributed by atoms with van der Waals surface area (Å²) >= 11 is 0. The van der Waals surface area contributed by atoms with Crippen molar-refractivity contribution in [1.82, 2.24) is 4.90 Å². The van der Waals surface area contributed by atoms with E-state index in [4.69, 9.17) is 15.2 Å². The first-order valence-corrected chi connectivity index (χ1v) is 5.83. The van der Waals surface area contributed by atoms with Crippen LogP contribution in [0, 0.1) is 5.92 Å². The third kappa shape index (κ3) is 2.07. The van der Waals surface area contributed by atoms with Gasteiger partial charge in [-0.3, -0.25) is 4.79 Å². The van der Waals surface area contributed by atoms with Gasteiger partial charge in [0.2, 0.25) is 5.91 Å². The molecule has 2 fully saturated rings. The quantitative estimate of drug-likeness (QED) is 0.698. The van der Waals surface area contributed by atoms with E-state index in [-0.39, 0.29) is 30.0 Å². The predicted molar refractivity (Wildman–Crippen MR) is 58.9 cm³/mol. The fourth-order valence-corrected chi connectivity index (χ4v) is 2.48. The van der Waals surface area contributed by atoms with E-state index in [1.165, 1.54) is 0 Å². The van der Waals surface area contributed by atoms with Gasteiger partial charge in [-0.2, -0.15) is 0 Å². The van der Waals surface area contributed by atoms with Crippen molar-refractivity contribution in [2.75, 3.05) is 26.9 Å². The molecule has 4 atom stereocenters. The zero-order valence-corrected chi connectivity index (χ0v) is 9.89. The number of rotatable bonds is 2. The third-order valence-electron chi connectivity index (χ3n) is 3.62. The Morgan fingerprint density at radius 1 is 1.44 bits per heavy atom. The average Bonchev–Trinajstić information content (AvgIpc) is 2.85. The number of nitrogens with zero attached hydrogens (tertiary/aromatic N) is 1. The van der Waals surface area contributed by atoms with Crippen LogP contribution in [0.1, 0.15) is 13.3 Å². The molecule has 5 nitrogen and oxygen atoms in total. The van der Waals surface area contributed by atoms with Crippen LogP contribution in [-0.2, 0) is 14.3 Å². The van der Waals surface area contributed by atoms with E-state index in [0.29, 0.717) is 13.2 Å².